The average Bonchev–Trinajstić information content (AvgIpc) is 2.53. The van der Waals surface area contributed by atoms with Crippen molar-refractivity contribution >= 4 is 18.1 Å². The van der Waals surface area contributed by atoms with Gasteiger partial charge in [0.05, 0.1) is 13.1 Å². The van der Waals surface area contributed by atoms with Gasteiger partial charge in [0.15, 0.2) is 0 Å². The Bertz CT molecular complexity index is 828. The van der Waals surface area contributed by atoms with Crippen LogP contribution in [-0.4, -0.2) is 38.9 Å². The molecule has 10 nitrogen and oxygen atoms in total. The van der Waals surface area contributed by atoms with Gasteiger partial charge in [-0.2, -0.15) is 0 Å². The summed E-state index contributed by atoms with van der Waals surface area (Å²) in [5.74, 6) is -1.29. The van der Waals surface area contributed by atoms with Gasteiger partial charge in [0.1, 0.15) is 13.2 Å². The Kier molecular flexibility index (Phi) is 6.65. The van der Waals surface area contributed by atoms with E-state index in [1.165, 1.54) is 6.92 Å². The molecule has 0 N–H and O–H groups in total. The lowest BCUT2D eigenvalue weighted by atomic mass is 10.6. The Morgan fingerprint density at radius 3 is 1.88 bits per heavy atom. The minimum Gasteiger partial charge on any atom is -0.464 e. The van der Waals surface area contributed by atoms with E-state index in [2.05, 4.69) is 17.9 Å². The van der Waals surface area contributed by atoms with Crippen molar-refractivity contribution in [3.05, 3.63) is 50.7 Å². The van der Waals surface area contributed by atoms with Gasteiger partial charge < -0.3 is 9.47 Å². The number of rotatable bonds is 8. The summed E-state index contributed by atoms with van der Waals surface area (Å²) in [6, 6.07) is 0. The summed E-state index contributed by atoms with van der Waals surface area (Å²) in [5.41, 5.74) is -2.74. The molecule has 130 valence electrons. The number of carbonyl (C=O) groups is 2. The zero-order chi connectivity index (χ0) is 18.3. The van der Waals surface area contributed by atoms with Crippen LogP contribution < -0.4 is 17.1 Å². The van der Waals surface area contributed by atoms with Crippen LogP contribution in [0.5, 0.6) is 0 Å². The van der Waals surface area contributed by atoms with Gasteiger partial charge in [-0.3, -0.25) is 4.79 Å². The fourth-order valence-electron chi connectivity index (χ4n) is 1.77. The van der Waals surface area contributed by atoms with E-state index >= 15 is 0 Å². The third-order valence-electron chi connectivity index (χ3n) is 2.86. The summed E-state index contributed by atoms with van der Waals surface area (Å²) in [4.78, 5) is 58.2. The zero-order valence-corrected chi connectivity index (χ0v) is 13.1. The van der Waals surface area contributed by atoms with Gasteiger partial charge in [0.25, 0.3) is 0 Å². The third kappa shape index (κ3) is 4.41. The van der Waals surface area contributed by atoms with Crippen LogP contribution in [0.2, 0.25) is 0 Å². The van der Waals surface area contributed by atoms with Gasteiger partial charge in [-0.25, -0.2) is 32.9 Å². The normalized spacial score (nSPS) is 10.0. The number of esters is 2. The van der Waals surface area contributed by atoms with Crippen molar-refractivity contribution < 1.29 is 19.1 Å². The van der Waals surface area contributed by atoms with Crippen molar-refractivity contribution in [3.63, 3.8) is 0 Å². The summed E-state index contributed by atoms with van der Waals surface area (Å²) >= 11 is 0. The first-order valence-corrected chi connectivity index (χ1v) is 6.84. The fourth-order valence-corrected chi connectivity index (χ4v) is 1.77. The van der Waals surface area contributed by atoms with Crippen LogP contribution in [-0.2, 0) is 32.2 Å². The van der Waals surface area contributed by atoms with Crippen molar-refractivity contribution in [1.82, 2.24) is 13.7 Å². The first-order chi connectivity index (χ1) is 11.3. The Labute approximate surface area is 135 Å². The number of aromatic nitrogens is 3. The Morgan fingerprint density at radius 1 is 0.958 bits per heavy atom. The topological polar surface area (TPSA) is 119 Å². The molecule has 0 amide bonds. The van der Waals surface area contributed by atoms with Crippen LogP contribution in [0.4, 0.5) is 0 Å². The molecule has 1 heterocycles. The second-order valence-corrected chi connectivity index (χ2v) is 4.42. The maximum Gasteiger partial charge on any atom is 0.340 e. The molecule has 0 unspecified atom stereocenters. The number of nitrogens with zero attached hydrogens (tertiary/aromatic N) is 3. The maximum absolute atomic E-state index is 12.3. The molecule has 0 aromatic carbocycles. The number of carbonyl (C=O) groups excluding carboxylic acids is 2. The van der Waals surface area contributed by atoms with E-state index in [4.69, 9.17) is 4.74 Å². The quantitative estimate of drug-likeness (QED) is 0.420. The Morgan fingerprint density at radius 2 is 1.46 bits per heavy atom. The molecule has 0 spiro atoms. The molecule has 0 aliphatic heterocycles. The monoisotopic (exact) mass is 339 g/mol. The number of hydrogen-bond donors (Lipinski definition) is 0. The molecule has 1 aromatic rings. The molecule has 0 saturated heterocycles. The van der Waals surface area contributed by atoms with Gasteiger partial charge in [-0.15, -0.1) is 0 Å². The molecule has 24 heavy (non-hydrogen) atoms. The zero-order valence-electron chi connectivity index (χ0n) is 13.1. The van der Waals surface area contributed by atoms with E-state index in [9.17, 15) is 24.0 Å². The molecular formula is C14H17N3O7. The highest BCUT2D eigenvalue weighted by Crippen LogP contribution is 1.84. The SMILES string of the molecule is C=CC(=O)OCCn1c(=O)n(C=C)c(=O)n(CCOC(C)=O)c1=O. The van der Waals surface area contributed by atoms with Gasteiger partial charge in [-0.1, -0.05) is 13.2 Å². The van der Waals surface area contributed by atoms with Crippen molar-refractivity contribution in [2.45, 2.75) is 20.0 Å². The lowest BCUT2D eigenvalue weighted by Crippen LogP contribution is -2.54. The third-order valence-corrected chi connectivity index (χ3v) is 2.86. The van der Waals surface area contributed by atoms with Crippen LogP contribution in [0.1, 0.15) is 6.92 Å². The maximum atomic E-state index is 12.3. The highest BCUT2D eigenvalue weighted by atomic mass is 16.5. The second-order valence-electron chi connectivity index (χ2n) is 4.42. The smallest absolute Gasteiger partial charge is 0.340 e. The Hall–Kier alpha value is -3.17. The highest BCUT2D eigenvalue weighted by Gasteiger charge is 2.14. The van der Waals surface area contributed by atoms with Crippen molar-refractivity contribution in [2.75, 3.05) is 13.2 Å². The van der Waals surface area contributed by atoms with Crippen molar-refractivity contribution in [1.29, 1.82) is 0 Å². The average molecular weight is 339 g/mol. The standard InChI is InChI=1S/C14H17N3O7/c1-4-11(19)24-9-7-17-13(21)15(5-2)12(20)16(14(17)22)6-8-23-10(3)18/h4-5H,1-2,6-9H2,3H3. The van der Waals surface area contributed by atoms with E-state index in [1.54, 1.807) is 0 Å². The minimum atomic E-state index is -0.918. The van der Waals surface area contributed by atoms with E-state index in [0.29, 0.717) is 9.13 Å². The van der Waals surface area contributed by atoms with E-state index in [1.807, 2.05) is 0 Å². The van der Waals surface area contributed by atoms with Crippen LogP contribution in [0.15, 0.2) is 33.6 Å². The highest BCUT2D eigenvalue weighted by molar-refractivity contribution is 5.81. The van der Waals surface area contributed by atoms with Crippen molar-refractivity contribution in [3.8, 4) is 0 Å². The van der Waals surface area contributed by atoms with E-state index in [-0.39, 0.29) is 26.3 Å². The summed E-state index contributed by atoms with van der Waals surface area (Å²) in [7, 11) is 0. The molecule has 0 radical (unpaired) electrons. The molecular weight excluding hydrogens is 322 g/mol. The predicted octanol–water partition coefficient (Wildman–Crippen LogP) is -1.44. The van der Waals surface area contributed by atoms with E-state index in [0.717, 1.165) is 16.8 Å². The Balaban J connectivity index is 3.20. The van der Waals surface area contributed by atoms with Gasteiger partial charge in [0, 0.05) is 19.2 Å². The second kappa shape index (κ2) is 8.46. The molecule has 10 heteroatoms. The van der Waals surface area contributed by atoms with Gasteiger partial charge in [-0.05, 0) is 0 Å². The summed E-state index contributed by atoms with van der Waals surface area (Å²) in [6.45, 7) is 6.75. The molecule has 0 bridgehead atoms. The van der Waals surface area contributed by atoms with Crippen LogP contribution in [0.25, 0.3) is 6.20 Å². The summed E-state index contributed by atoms with van der Waals surface area (Å²) < 4.78 is 11.5. The van der Waals surface area contributed by atoms with Crippen LogP contribution >= 0.6 is 0 Å². The fraction of sp³-hybridized carbons (Fsp3) is 0.357. The molecule has 1 rings (SSSR count). The molecule has 0 fully saturated rings. The lowest BCUT2D eigenvalue weighted by molar-refractivity contribution is -0.141. The van der Waals surface area contributed by atoms with Crippen LogP contribution in [0.3, 0.4) is 0 Å². The van der Waals surface area contributed by atoms with Gasteiger partial charge >= 0.3 is 29.0 Å². The van der Waals surface area contributed by atoms with Crippen molar-refractivity contribution in [2.24, 2.45) is 0 Å². The summed E-state index contributed by atoms with van der Waals surface area (Å²) in [5, 5.41) is 0. The molecule has 1 aromatic heterocycles. The largest absolute Gasteiger partial charge is 0.464 e. The molecule has 0 atom stereocenters. The summed E-state index contributed by atoms with van der Waals surface area (Å²) in [6.07, 6.45) is 1.89. The molecule has 0 aliphatic carbocycles. The van der Waals surface area contributed by atoms with Crippen LogP contribution in [0, 0.1) is 0 Å². The first kappa shape index (κ1) is 18.9. The lowest BCUT2D eigenvalue weighted by Gasteiger charge is -2.11. The number of hydrogen-bond acceptors (Lipinski definition) is 7. The first-order valence-electron chi connectivity index (χ1n) is 6.84. The molecule has 0 aliphatic rings. The minimum absolute atomic E-state index is 0.217. The van der Waals surface area contributed by atoms with Gasteiger partial charge in [0.2, 0.25) is 0 Å². The predicted molar refractivity (Wildman–Crippen MR) is 83.4 cm³/mol. The number of ether oxygens (including phenoxy) is 2. The van der Waals surface area contributed by atoms with E-state index < -0.39 is 29.0 Å². The molecule has 0 saturated carbocycles.